The number of carbonyl (C=O) groups is 3. The first-order valence-corrected chi connectivity index (χ1v) is 8.94. The number of hydrogen-bond acceptors (Lipinski definition) is 6. The molecule has 116 valence electrons. The molecule has 0 aromatic carbocycles. The van der Waals surface area contributed by atoms with Gasteiger partial charge in [-0.25, -0.2) is 9.59 Å². The summed E-state index contributed by atoms with van der Waals surface area (Å²) >= 11 is 6.05. The molecule has 1 aromatic heterocycles. The molecule has 6 nitrogen and oxygen atoms in total. The zero-order valence-electron chi connectivity index (χ0n) is 11.3. The van der Waals surface area contributed by atoms with E-state index in [0.29, 0.717) is 17.1 Å². The predicted octanol–water partition coefficient (Wildman–Crippen LogP) is 2.03. The molecule has 21 heavy (non-hydrogen) atoms. The van der Waals surface area contributed by atoms with E-state index in [4.69, 9.17) is 10.5 Å². The largest absolute Gasteiger partial charge is 0.456 e. The molecule has 0 unspecified atom stereocenters. The maximum atomic E-state index is 11.9. The summed E-state index contributed by atoms with van der Waals surface area (Å²) < 4.78 is 5.78. The SMILES string of the molecule is CSCC[C@H](NC(N)=O)C(=O)OCC(=O)c1ccc(Br)s1. The number of ketones is 1. The fourth-order valence-corrected chi connectivity index (χ4v) is 3.21. The molecule has 0 bridgehead atoms. The van der Waals surface area contributed by atoms with Gasteiger partial charge in [-0.2, -0.15) is 11.8 Å². The lowest BCUT2D eigenvalue weighted by atomic mass is 10.2. The Morgan fingerprint density at radius 3 is 2.71 bits per heavy atom. The molecule has 0 aliphatic carbocycles. The number of thiophene rings is 1. The van der Waals surface area contributed by atoms with Crippen molar-refractivity contribution in [3.05, 3.63) is 20.8 Å². The highest BCUT2D eigenvalue weighted by Crippen LogP contribution is 2.22. The molecule has 0 saturated carbocycles. The van der Waals surface area contributed by atoms with E-state index >= 15 is 0 Å². The van der Waals surface area contributed by atoms with Gasteiger partial charge in [0.05, 0.1) is 8.66 Å². The monoisotopic (exact) mass is 394 g/mol. The average Bonchev–Trinajstić information content (AvgIpc) is 2.86. The molecule has 0 spiro atoms. The first-order chi connectivity index (χ1) is 9.93. The first kappa shape index (κ1) is 18.0. The third-order valence-electron chi connectivity index (χ3n) is 2.41. The molecule has 0 aliphatic rings. The van der Waals surface area contributed by atoms with Crippen molar-refractivity contribution < 1.29 is 19.1 Å². The summed E-state index contributed by atoms with van der Waals surface area (Å²) in [6.07, 6.45) is 2.27. The van der Waals surface area contributed by atoms with E-state index in [2.05, 4.69) is 21.2 Å². The van der Waals surface area contributed by atoms with Crippen LogP contribution in [0, 0.1) is 0 Å². The summed E-state index contributed by atoms with van der Waals surface area (Å²) in [4.78, 5) is 35.0. The van der Waals surface area contributed by atoms with E-state index in [9.17, 15) is 14.4 Å². The molecule has 2 amide bonds. The number of amides is 2. The fraction of sp³-hybridized carbons (Fsp3) is 0.417. The van der Waals surface area contributed by atoms with E-state index in [1.807, 2.05) is 6.26 Å². The topological polar surface area (TPSA) is 98.5 Å². The minimum Gasteiger partial charge on any atom is -0.456 e. The minimum atomic E-state index is -0.835. The summed E-state index contributed by atoms with van der Waals surface area (Å²) in [5, 5.41) is 2.32. The first-order valence-electron chi connectivity index (χ1n) is 5.94. The second-order valence-corrected chi connectivity index (χ2v) is 7.43. The second-order valence-electron chi connectivity index (χ2n) is 3.98. The van der Waals surface area contributed by atoms with Gasteiger partial charge in [0.15, 0.2) is 6.61 Å². The van der Waals surface area contributed by atoms with Gasteiger partial charge in [-0.05, 0) is 46.5 Å². The number of ether oxygens (including phenoxy) is 1. The van der Waals surface area contributed by atoms with Crippen LogP contribution >= 0.6 is 39.0 Å². The molecule has 3 N–H and O–H groups in total. The number of thioether (sulfide) groups is 1. The minimum absolute atomic E-state index is 0.290. The number of Topliss-reactive ketones (excluding diaryl/α,β-unsaturated/α-hetero) is 1. The number of primary amides is 1. The number of nitrogens with one attached hydrogen (secondary N) is 1. The molecule has 0 fully saturated rings. The number of halogens is 1. The second kappa shape index (κ2) is 9.06. The van der Waals surface area contributed by atoms with Crippen LogP contribution in [0.4, 0.5) is 4.79 Å². The maximum Gasteiger partial charge on any atom is 0.329 e. The van der Waals surface area contributed by atoms with Gasteiger partial charge in [0, 0.05) is 0 Å². The van der Waals surface area contributed by atoms with Gasteiger partial charge in [-0.1, -0.05) is 0 Å². The number of urea groups is 1. The summed E-state index contributed by atoms with van der Waals surface area (Å²) in [7, 11) is 0. The lowest BCUT2D eigenvalue weighted by Gasteiger charge is -2.15. The number of carbonyl (C=O) groups excluding carboxylic acids is 3. The van der Waals surface area contributed by atoms with Crippen LogP contribution in [0.5, 0.6) is 0 Å². The summed E-state index contributed by atoms with van der Waals surface area (Å²) in [6, 6.07) is 1.76. The maximum absolute atomic E-state index is 11.9. The Morgan fingerprint density at radius 2 is 2.19 bits per heavy atom. The van der Waals surface area contributed by atoms with Crippen LogP contribution in [-0.2, 0) is 9.53 Å². The standard InChI is InChI=1S/C12H15BrN2O4S2/c1-20-5-4-7(15-12(14)18)11(17)19-6-8(16)9-2-3-10(13)21-9/h2-3,7H,4-6H2,1H3,(H3,14,15,18)/t7-/m0/s1. The number of hydrogen-bond donors (Lipinski definition) is 2. The Balaban J connectivity index is 2.52. The lowest BCUT2D eigenvalue weighted by molar-refractivity contribution is -0.144. The summed E-state index contributed by atoms with van der Waals surface area (Å²) in [5.41, 5.74) is 5.02. The summed E-state index contributed by atoms with van der Waals surface area (Å²) in [6.45, 7) is -0.359. The zero-order chi connectivity index (χ0) is 15.8. The lowest BCUT2D eigenvalue weighted by Crippen LogP contribution is -2.45. The van der Waals surface area contributed by atoms with Crippen molar-refractivity contribution in [3.8, 4) is 0 Å². The third-order valence-corrected chi connectivity index (χ3v) is 4.71. The Bertz CT molecular complexity index is 521. The highest BCUT2D eigenvalue weighted by molar-refractivity contribution is 9.11. The normalized spacial score (nSPS) is 11.7. The van der Waals surface area contributed by atoms with Gasteiger partial charge in [0.25, 0.3) is 0 Å². The zero-order valence-corrected chi connectivity index (χ0v) is 14.5. The van der Waals surface area contributed by atoms with Gasteiger partial charge >= 0.3 is 12.0 Å². The van der Waals surface area contributed by atoms with Crippen LogP contribution in [0.3, 0.4) is 0 Å². The van der Waals surface area contributed by atoms with Crippen LogP contribution in [-0.4, -0.2) is 42.4 Å². The quantitative estimate of drug-likeness (QED) is 0.519. The van der Waals surface area contributed by atoms with E-state index in [0.717, 1.165) is 3.79 Å². The van der Waals surface area contributed by atoms with E-state index in [1.54, 1.807) is 12.1 Å². The van der Waals surface area contributed by atoms with Crippen LogP contribution in [0.25, 0.3) is 0 Å². The van der Waals surface area contributed by atoms with Gasteiger partial charge in [0.2, 0.25) is 5.78 Å². The van der Waals surface area contributed by atoms with Crippen molar-refractivity contribution in [2.75, 3.05) is 18.6 Å². The highest BCUT2D eigenvalue weighted by atomic mass is 79.9. The molecular formula is C12H15BrN2O4S2. The molecular weight excluding hydrogens is 380 g/mol. The third kappa shape index (κ3) is 6.49. The summed E-state index contributed by atoms with van der Waals surface area (Å²) in [5.74, 6) is -0.292. The smallest absolute Gasteiger partial charge is 0.329 e. The van der Waals surface area contributed by atoms with E-state index in [-0.39, 0.29) is 12.4 Å². The van der Waals surface area contributed by atoms with Crippen molar-refractivity contribution in [3.63, 3.8) is 0 Å². The van der Waals surface area contributed by atoms with Crippen molar-refractivity contribution in [1.29, 1.82) is 0 Å². The van der Waals surface area contributed by atoms with Gasteiger partial charge < -0.3 is 15.8 Å². The Hall–Kier alpha value is -1.06. The number of nitrogens with two attached hydrogens (primary N) is 1. The van der Waals surface area contributed by atoms with Crippen molar-refractivity contribution in [2.24, 2.45) is 5.73 Å². The number of rotatable bonds is 8. The molecule has 1 aromatic rings. The van der Waals surface area contributed by atoms with Crippen molar-refractivity contribution in [2.45, 2.75) is 12.5 Å². The Morgan fingerprint density at radius 1 is 1.48 bits per heavy atom. The molecule has 1 rings (SSSR count). The molecule has 1 atom stereocenters. The van der Waals surface area contributed by atoms with Gasteiger partial charge in [-0.3, -0.25) is 4.79 Å². The highest BCUT2D eigenvalue weighted by Gasteiger charge is 2.22. The van der Waals surface area contributed by atoms with Crippen molar-refractivity contribution in [1.82, 2.24) is 5.32 Å². The van der Waals surface area contributed by atoms with Crippen molar-refractivity contribution >= 4 is 56.8 Å². The number of esters is 1. The predicted molar refractivity (Wildman–Crippen MR) is 86.8 cm³/mol. The Kier molecular flexibility index (Phi) is 7.76. The van der Waals surface area contributed by atoms with Gasteiger partial charge in [-0.15, -0.1) is 11.3 Å². The molecule has 0 aliphatic heterocycles. The molecule has 0 radical (unpaired) electrons. The van der Waals surface area contributed by atoms with Gasteiger partial charge in [0.1, 0.15) is 6.04 Å². The van der Waals surface area contributed by atoms with Crippen LogP contribution in [0.15, 0.2) is 15.9 Å². The molecule has 0 saturated heterocycles. The van der Waals surface area contributed by atoms with Crippen LogP contribution in [0.2, 0.25) is 0 Å². The van der Waals surface area contributed by atoms with E-state index in [1.165, 1.54) is 23.1 Å². The fourth-order valence-electron chi connectivity index (χ4n) is 1.43. The molecule has 9 heteroatoms. The van der Waals surface area contributed by atoms with Crippen LogP contribution in [0.1, 0.15) is 16.1 Å². The average molecular weight is 395 g/mol. The van der Waals surface area contributed by atoms with Crippen LogP contribution < -0.4 is 11.1 Å². The Labute approximate surface area is 138 Å². The molecule has 1 heterocycles. The van der Waals surface area contributed by atoms with E-state index < -0.39 is 18.0 Å².